The minimum Gasteiger partial charge on any atom is -0.369 e. The van der Waals surface area contributed by atoms with Gasteiger partial charge in [0.1, 0.15) is 0 Å². The molecule has 1 aliphatic rings. The molecule has 6 nitrogen and oxygen atoms in total. The van der Waals surface area contributed by atoms with E-state index >= 15 is 0 Å². The number of nitrogens with two attached hydrogens (primary N) is 1. The number of hydrogen-bond acceptors (Lipinski definition) is 4. The molecule has 1 aromatic carbocycles. The van der Waals surface area contributed by atoms with Gasteiger partial charge < -0.3 is 11.1 Å². The van der Waals surface area contributed by atoms with Gasteiger partial charge in [-0.25, -0.2) is 0 Å². The van der Waals surface area contributed by atoms with Gasteiger partial charge in [0.25, 0.3) is 5.69 Å². The molecule has 1 aromatic rings. The Morgan fingerprint density at radius 2 is 1.95 bits per heavy atom. The summed E-state index contributed by atoms with van der Waals surface area (Å²) in [5.74, 6) is -0.235. The van der Waals surface area contributed by atoms with Crippen LogP contribution in [0.25, 0.3) is 0 Å². The minimum atomic E-state index is -0.360. The highest BCUT2D eigenvalue weighted by Crippen LogP contribution is 2.25. The van der Waals surface area contributed by atoms with E-state index in [1.54, 1.807) is 18.2 Å². The summed E-state index contributed by atoms with van der Waals surface area (Å²) in [5, 5.41) is 14.3. The van der Waals surface area contributed by atoms with Gasteiger partial charge in [-0.05, 0) is 25.7 Å². The van der Waals surface area contributed by atoms with Crippen molar-refractivity contribution >= 4 is 11.6 Å². The quantitative estimate of drug-likeness (QED) is 0.632. The van der Waals surface area contributed by atoms with Gasteiger partial charge in [0, 0.05) is 30.1 Å². The van der Waals surface area contributed by atoms with Gasteiger partial charge in [0.15, 0.2) is 0 Å². The maximum Gasteiger partial charge on any atom is 0.273 e. The SMILES string of the molecule is NC(=O)C1CCC(NCc2ccccc2[N+](=O)[O-])CC1. The average molecular weight is 277 g/mol. The highest BCUT2D eigenvalue weighted by molar-refractivity contribution is 5.76. The van der Waals surface area contributed by atoms with Crippen LogP contribution in [0.15, 0.2) is 24.3 Å². The second-order valence-corrected chi connectivity index (χ2v) is 5.22. The van der Waals surface area contributed by atoms with E-state index in [0.29, 0.717) is 18.2 Å². The molecule has 0 heterocycles. The number of para-hydroxylation sites is 1. The summed E-state index contributed by atoms with van der Waals surface area (Å²) in [5.41, 5.74) is 6.13. The average Bonchev–Trinajstić information content (AvgIpc) is 2.45. The summed E-state index contributed by atoms with van der Waals surface area (Å²) in [7, 11) is 0. The summed E-state index contributed by atoms with van der Waals surface area (Å²) in [4.78, 5) is 21.6. The van der Waals surface area contributed by atoms with Crippen molar-refractivity contribution in [3.05, 3.63) is 39.9 Å². The largest absolute Gasteiger partial charge is 0.369 e. The van der Waals surface area contributed by atoms with Crippen LogP contribution in [0.4, 0.5) is 5.69 Å². The first kappa shape index (κ1) is 14.5. The van der Waals surface area contributed by atoms with Crippen LogP contribution in [0.1, 0.15) is 31.2 Å². The summed E-state index contributed by atoms with van der Waals surface area (Å²) < 4.78 is 0. The van der Waals surface area contributed by atoms with Crippen LogP contribution in [-0.4, -0.2) is 16.9 Å². The number of primary amides is 1. The van der Waals surface area contributed by atoms with Crippen LogP contribution in [-0.2, 0) is 11.3 Å². The second kappa shape index (κ2) is 6.47. The summed E-state index contributed by atoms with van der Waals surface area (Å²) >= 11 is 0. The molecule has 6 heteroatoms. The maximum atomic E-state index is 11.1. The number of rotatable bonds is 5. The predicted octanol–water partition coefficient (Wildman–Crippen LogP) is 1.73. The second-order valence-electron chi connectivity index (χ2n) is 5.22. The lowest BCUT2D eigenvalue weighted by atomic mass is 9.85. The monoisotopic (exact) mass is 277 g/mol. The number of nitro groups is 1. The Morgan fingerprint density at radius 3 is 2.55 bits per heavy atom. The molecule has 0 saturated heterocycles. The molecular formula is C14H19N3O3. The molecule has 1 saturated carbocycles. The van der Waals surface area contributed by atoms with E-state index in [1.165, 1.54) is 6.07 Å². The van der Waals surface area contributed by atoms with Gasteiger partial charge >= 0.3 is 0 Å². The highest BCUT2D eigenvalue weighted by Gasteiger charge is 2.24. The third-order valence-corrected chi connectivity index (χ3v) is 3.90. The Labute approximate surface area is 117 Å². The molecule has 3 N–H and O–H groups in total. The van der Waals surface area contributed by atoms with E-state index in [2.05, 4.69) is 5.32 Å². The molecule has 2 rings (SSSR count). The van der Waals surface area contributed by atoms with E-state index in [0.717, 1.165) is 25.7 Å². The number of nitrogens with one attached hydrogen (secondary N) is 1. The summed E-state index contributed by atoms with van der Waals surface area (Å²) in [6.45, 7) is 0.475. The van der Waals surface area contributed by atoms with Crippen molar-refractivity contribution in [1.82, 2.24) is 5.32 Å². The van der Waals surface area contributed by atoms with E-state index in [9.17, 15) is 14.9 Å². The standard InChI is InChI=1S/C14H19N3O3/c15-14(18)10-5-7-12(8-6-10)16-9-11-3-1-2-4-13(11)17(19)20/h1-4,10,12,16H,5-9H2,(H2,15,18). The number of benzene rings is 1. The van der Waals surface area contributed by atoms with Crippen molar-refractivity contribution in [3.63, 3.8) is 0 Å². The lowest BCUT2D eigenvalue weighted by Crippen LogP contribution is -2.36. The number of nitrogens with zero attached hydrogens (tertiary/aromatic N) is 1. The number of carbonyl (C=O) groups excluding carboxylic acids is 1. The van der Waals surface area contributed by atoms with Gasteiger partial charge in [-0.2, -0.15) is 0 Å². The molecule has 0 aromatic heterocycles. The Hall–Kier alpha value is -1.95. The number of nitro benzene ring substituents is 1. The lowest BCUT2D eigenvalue weighted by molar-refractivity contribution is -0.385. The molecular weight excluding hydrogens is 258 g/mol. The molecule has 0 bridgehead atoms. The summed E-state index contributed by atoms with van der Waals surface area (Å²) in [6.07, 6.45) is 3.36. The number of carbonyl (C=O) groups is 1. The fraction of sp³-hybridized carbons (Fsp3) is 0.500. The van der Waals surface area contributed by atoms with Crippen LogP contribution < -0.4 is 11.1 Å². The first-order valence-electron chi connectivity index (χ1n) is 6.83. The van der Waals surface area contributed by atoms with Crippen LogP contribution in [0.3, 0.4) is 0 Å². The molecule has 0 radical (unpaired) electrons. The molecule has 0 unspecified atom stereocenters. The Bertz CT molecular complexity index is 496. The predicted molar refractivity (Wildman–Crippen MR) is 74.9 cm³/mol. The van der Waals surface area contributed by atoms with Crippen molar-refractivity contribution in [2.45, 2.75) is 38.3 Å². The lowest BCUT2D eigenvalue weighted by Gasteiger charge is -2.27. The van der Waals surface area contributed by atoms with Gasteiger partial charge in [-0.15, -0.1) is 0 Å². The molecule has 1 aliphatic carbocycles. The van der Waals surface area contributed by atoms with Crippen molar-refractivity contribution in [3.8, 4) is 0 Å². The van der Waals surface area contributed by atoms with Gasteiger partial charge in [-0.3, -0.25) is 14.9 Å². The molecule has 0 aliphatic heterocycles. The third-order valence-electron chi connectivity index (χ3n) is 3.90. The normalized spacial score (nSPS) is 22.4. The van der Waals surface area contributed by atoms with Crippen LogP contribution in [0.5, 0.6) is 0 Å². The van der Waals surface area contributed by atoms with E-state index in [-0.39, 0.29) is 22.4 Å². The third kappa shape index (κ3) is 3.54. The van der Waals surface area contributed by atoms with E-state index in [1.807, 2.05) is 0 Å². The minimum absolute atomic E-state index is 0.0147. The Morgan fingerprint density at radius 1 is 1.30 bits per heavy atom. The first-order chi connectivity index (χ1) is 9.58. The molecule has 20 heavy (non-hydrogen) atoms. The van der Waals surface area contributed by atoms with Crippen molar-refractivity contribution < 1.29 is 9.72 Å². The Kier molecular flexibility index (Phi) is 4.68. The van der Waals surface area contributed by atoms with Gasteiger partial charge in [0.2, 0.25) is 5.91 Å². The van der Waals surface area contributed by atoms with Gasteiger partial charge in [-0.1, -0.05) is 18.2 Å². The highest BCUT2D eigenvalue weighted by atomic mass is 16.6. The molecule has 108 valence electrons. The Balaban J connectivity index is 1.88. The zero-order chi connectivity index (χ0) is 14.5. The molecule has 0 spiro atoms. The summed E-state index contributed by atoms with van der Waals surface area (Å²) in [6, 6.07) is 7.04. The molecule has 1 fully saturated rings. The zero-order valence-corrected chi connectivity index (χ0v) is 11.2. The van der Waals surface area contributed by atoms with Gasteiger partial charge in [0.05, 0.1) is 4.92 Å². The van der Waals surface area contributed by atoms with E-state index in [4.69, 9.17) is 5.73 Å². The van der Waals surface area contributed by atoms with Crippen LogP contribution in [0.2, 0.25) is 0 Å². The van der Waals surface area contributed by atoms with Crippen molar-refractivity contribution in [1.29, 1.82) is 0 Å². The molecule has 1 amide bonds. The fourth-order valence-electron chi connectivity index (χ4n) is 2.67. The van der Waals surface area contributed by atoms with E-state index < -0.39 is 0 Å². The van der Waals surface area contributed by atoms with Crippen molar-refractivity contribution in [2.75, 3.05) is 0 Å². The van der Waals surface area contributed by atoms with Crippen molar-refractivity contribution in [2.24, 2.45) is 11.7 Å². The van der Waals surface area contributed by atoms with Crippen LogP contribution >= 0.6 is 0 Å². The zero-order valence-electron chi connectivity index (χ0n) is 11.2. The topological polar surface area (TPSA) is 98.3 Å². The molecule has 0 atom stereocenters. The first-order valence-corrected chi connectivity index (χ1v) is 6.83. The number of amides is 1. The van der Waals surface area contributed by atoms with Crippen LogP contribution in [0, 0.1) is 16.0 Å². The number of hydrogen-bond donors (Lipinski definition) is 2. The smallest absolute Gasteiger partial charge is 0.273 e. The fourth-order valence-corrected chi connectivity index (χ4v) is 2.67. The maximum absolute atomic E-state index is 11.1.